The van der Waals surface area contributed by atoms with Gasteiger partial charge < -0.3 is 15.0 Å². The monoisotopic (exact) mass is 484 g/mol. The minimum atomic E-state index is -0.301. The predicted molar refractivity (Wildman–Crippen MR) is 135 cm³/mol. The van der Waals surface area contributed by atoms with Gasteiger partial charge in [-0.2, -0.15) is 0 Å². The Labute approximate surface area is 209 Å². The summed E-state index contributed by atoms with van der Waals surface area (Å²) >= 11 is 0. The molecule has 184 valence electrons. The molecule has 3 amide bonds. The van der Waals surface area contributed by atoms with Crippen LogP contribution in [0.1, 0.15) is 44.7 Å². The highest BCUT2D eigenvalue weighted by molar-refractivity contribution is 6.23. The molecule has 1 aromatic heterocycles. The van der Waals surface area contributed by atoms with Gasteiger partial charge >= 0.3 is 0 Å². The number of hydrogen-bond acceptors (Lipinski definition) is 6. The van der Waals surface area contributed by atoms with Crippen LogP contribution in [0.4, 0.5) is 5.69 Å². The molecule has 2 aromatic carbocycles. The molecule has 1 fully saturated rings. The van der Waals surface area contributed by atoms with Gasteiger partial charge in [-0.1, -0.05) is 24.3 Å². The number of piperidine rings is 1. The highest BCUT2D eigenvalue weighted by Crippen LogP contribution is 2.34. The van der Waals surface area contributed by atoms with Crippen molar-refractivity contribution >= 4 is 23.4 Å². The Hall–Kier alpha value is -4.20. The molecule has 0 saturated carbocycles. The fourth-order valence-corrected chi connectivity index (χ4v) is 4.98. The van der Waals surface area contributed by atoms with Gasteiger partial charge in [0, 0.05) is 37.6 Å². The molecule has 2 aliphatic rings. The Morgan fingerprint density at radius 1 is 1.06 bits per heavy atom. The summed E-state index contributed by atoms with van der Waals surface area (Å²) in [5.41, 5.74) is 3.30. The van der Waals surface area contributed by atoms with Gasteiger partial charge in [0.25, 0.3) is 11.8 Å². The zero-order valence-electron chi connectivity index (χ0n) is 20.1. The van der Waals surface area contributed by atoms with E-state index < -0.39 is 0 Å². The van der Waals surface area contributed by atoms with Crippen molar-refractivity contribution in [2.24, 2.45) is 5.92 Å². The second kappa shape index (κ2) is 10.2. The summed E-state index contributed by atoms with van der Waals surface area (Å²) in [6.07, 6.45) is 4.88. The van der Waals surface area contributed by atoms with Gasteiger partial charge in [-0.25, -0.2) is 0 Å². The summed E-state index contributed by atoms with van der Waals surface area (Å²) in [7, 11) is 1.61. The van der Waals surface area contributed by atoms with Crippen LogP contribution in [0.5, 0.6) is 5.75 Å². The van der Waals surface area contributed by atoms with E-state index in [4.69, 9.17) is 4.74 Å². The van der Waals surface area contributed by atoms with Crippen LogP contribution in [0.2, 0.25) is 0 Å². The maximum Gasteiger partial charge on any atom is 0.263 e. The topological polar surface area (TPSA) is 91.8 Å². The number of pyridine rings is 1. The first-order chi connectivity index (χ1) is 17.6. The lowest BCUT2D eigenvalue weighted by Gasteiger charge is -2.34. The smallest absolute Gasteiger partial charge is 0.263 e. The van der Waals surface area contributed by atoms with E-state index >= 15 is 0 Å². The first-order valence-corrected chi connectivity index (χ1v) is 12.1. The number of nitrogens with one attached hydrogen (secondary N) is 1. The van der Waals surface area contributed by atoms with Gasteiger partial charge in [-0.3, -0.25) is 24.3 Å². The normalized spacial score (nSPS) is 17.2. The van der Waals surface area contributed by atoms with Gasteiger partial charge in [0.2, 0.25) is 5.91 Å². The third-order valence-electron chi connectivity index (χ3n) is 6.85. The second-order valence-corrected chi connectivity index (χ2v) is 9.07. The zero-order valence-corrected chi connectivity index (χ0v) is 20.1. The summed E-state index contributed by atoms with van der Waals surface area (Å²) in [5.74, 6) is -0.103. The first-order valence-electron chi connectivity index (χ1n) is 12.1. The number of benzene rings is 2. The summed E-state index contributed by atoms with van der Waals surface area (Å²) in [4.78, 5) is 46.9. The quantitative estimate of drug-likeness (QED) is 0.517. The van der Waals surface area contributed by atoms with Gasteiger partial charge in [0.05, 0.1) is 36.4 Å². The number of carbonyl (C=O) groups excluding carboxylic acids is 3. The maximum atomic E-state index is 13.4. The molecule has 5 rings (SSSR count). The van der Waals surface area contributed by atoms with Crippen molar-refractivity contribution in [3.8, 4) is 5.75 Å². The van der Waals surface area contributed by atoms with E-state index in [0.717, 1.165) is 36.3 Å². The van der Waals surface area contributed by atoms with Crippen molar-refractivity contribution in [1.29, 1.82) is 0 Å². The molecule has 36 heavy (non-hydrogen) atoms. The number of rotatable bonds is 7. The maximum absolute atomic E-state index is 13.4. The van der Waals surface area contributed by atoms with E-state index in [9.17, 15) is 14.4 Å². The summed E-state index contributed by atoms with van der Waals surface area (Å²) in [5, 5.41) is 3.04. The van der Waals surface area contributed by atoms with Gasteiger partial charge in [0.1, 0.15) is 5.75 Å². The molecule has 8 nitrogen and oxygen atoms in total. The minimum absolute atomic E-state index is 0.0279. The lowest BCUT2D eigenvalue weighted by atomic mass is 9.95. The van der Waals surface area contributed by atoms with Crippen molar-refractivity contribution in [3.05, 3.63) is 89.2 Å². The fraction of sp³-hybridized carbons (Fsp3) is 0.286. The zero-order chi connectivity index (χ0) is 25.1. The van der Waals surface area contributed by atoms with Crippen LogP contribution in [0.25, 0.3) is 0 Å². The predicted octanol–water partition coefficient (Wildman–Crippen LogP) is 3.42. The summed E-state index contributed by atoms with van der Waals surface area (Å²) in [6, 6.07) is 16.6. The highest BCUT2D eigenvalue weighted by Gasteiger charge is 2.39. The number of methoxy groups -OCH3 is 1. The number of para-hydroxylation sites is 1. The van der Waals surface area contributed by atoms with Crippen LogP contribution >= 0.6 is 0 Å². The van der Waals surface area contributed by atoms with Crippen molar-refractivity contribution in [2.75, 3.05) is 25.1 Å². The second-order valence-electron chi connectivity index (χ2n) is 9.07. The standard InChI is InChI=1S/C28H28N4O4/c1-36-24-10-3-2-6-20(24)16-30-26(33)21-7-5-15-31(18-21)23-9-4-8-22-25(23)28(35)32(27(22)34)17-19-11-13-29-14-12-19/h2-4,6,8-14,21H,5,7,15-18H2,1H3,(H,30,33). The molecule has 0 radical (unpaired) electrons. The molecule has 0 bridgehead atoms. The van der Waals surface area contributed by atoms with E-state index in [1.165, 1.54) is 4.90 Å². The Bertz CT molecular complexity index is 1290. The van der Waals surface area contributed by atoms with Gasteiger partial charge in [0.15, 0.2) is 0 Å². The van der Waals surface area contributed by atoms with Crippen molar-refractivity contribution in [1.82, 2.24) is 15.2 Å². The number of carbonyl (C=O) groups is 3. The SMILES string of the molecule is COc1ccccc1CNC(=O)C1CCCN(c2cccc3c2C(=O)N(Cc2ccncc2)C3=O)C1. The molecule has 8 heteroatoms. The highest BCUT2D eigenvalue weighted by atomic mass is 16.5. The molecule has 3 aromatic rings. The fourth-order valence-electron chi connectivity index (χ4n) is 4.98. The van der Waals surface area contributed by atoms with Crippen LogP contribution in [0, 0.1) is 5.92 Å². The van der Waals surface area contributed by atoms with E-state index in [2.05, 4.69) is 15.2 Å². The Kier molecular flexibility index (Phi) is 6.66. The molecule has 2 aliphatic heterocycles. The summed E-state index contributed by atoms with van der Waals surface area (Å²) < 4.78 is 5.38. The Morgan fingerprint density at radius 3 is 2.67 bits per heavy atom. The van der Waals surface area contributed by atoms with Crippen LogP contribution in [0.3, 0.4) is 0 Å². The minimum Gasteiger partial charge on any atom is -0.496 e. The molecular formula is C28H28N4O4. The van der Waals surface area contributed by atoms with E-state index in [1.807, 2.05) is 30.3 Å². The van der Waals surface area contributed by atoms with Crippen molar-refractivity contribution in [2.45, 2.75) is 25.9 Å². The number of ether oxygens (including phenoxy) is 1. The average molecular weight is 485 g/mol. The third kappa shape index (κ3) is 4.54. The number of anilines is 1. The third-order valence-corrected chi connectivity index (χ3v) is 6.85. The number of hydrogen-bond donors (Lipinski definition) is 1. The van der Waals surface area contributed by atoms with Crippen LogP contribution in [-0.4, -0.2) is 47.8 Å². The lowest BCUT2D eigenvalue weighted by molar-refractivity contribution is -0.125. The number of imide groups is 1. The molecule has 1 unspecified atom stereocenters. The van der Waals surface area contributed by atoms with E-state index in [-0.39, 0.29) is 30.2 Å². The number of nitrogens with zero attached hydrogens (tertiary/aromatic N) is 3. The van der Waals surface area contributed by atoms with Crippen molar-refractivity contribution < 1.29 is 19.1 Å². The first kappa shape index (κ1) is 23.5. The largest absolute Gasteiger partial charge is 0.496 e. The van der Waals surface area contributed by atoms with Crippen LogP contribution in [0.15, 0.2) is 67.0 Å². The molecular weight excluding hydrogens is 456 g/mol. The Morgan fingerprint density at radius 2 is 1.86 bits per heavy atom. The molecule has 1 saturated heterocycles. The van der Waals surface area contributed by atoms with Crippen LogP contribution in [-0.2, 0) is 17.9 Å². The van der Waals surface area contributed by atoms with Gasteiger partial charge in [-0.15, -0.1) is 0 Å². The number of aromatic nitrogens is 1. The molecule has 1 atom stereocenters. The van der Waals surface area contributed by atoms with Gasteiger partial charge in [-0.05, 0) is 48.7 Å². The summed E-state index contributed by atoms with van der Waals surface area (Å²) in [6.45, 7) is 1.79. The Balaban J connectivity index is 1.31. The number of fused-ring (bicyclic) bond motifs is 1. The van der Waals surface area contributed by atoms with Crippen LogP contribution < -0.4 is 15.0 Å². The molecule has 0 spiro atoms. The average Bonchev–Trinajstić information content (AvgIpc) is 3.17. The van der Waals surface area contributed by atoms with E-state index in [1.54, 1.807) is 43.8 Å². The molecule has 1 N–H and O–H groups in total. The molecule has 0 aliphatic carbocycles. The van der Waals surface area contributed by atoms with Crippen molar-refractivity contribution in [3.63, 3.8) is 0 Å². The number of amides is 3. The lowest BCUT2D eigenvalue weighted by Crippen LogP contribution is -2.43. The molecule has 3 heterocycles. The van der Waals surface area contributed by atoms with E-state index in [0.29, 0.717) is 29.9 Å².